The zero-order valence-corrected chi connectivity index (χ0v) is 20.2. The normalized spacial score (nSPS) is 29.7. The van der Waals surface area contributed by atoms with Crippen molar-refractivity contribution in [1.82, 2.24) is 10.6 Å². The first-order valence-electron chi connectivity index (χ1n) is 11.3. The third-order valence-corrected chi connectivity index (χ3v) is 7.73. The van der Waals surface area contributed by atoms with E-state index in [9.17, 15) is 4.79 Å². The van der Waals surface area contributed by atoms with Crippen molar-refractivity contribution < 1.29 is 14.3 Å². The Morgan fingerprint density at radius 3 is 2.30 bits per heavy atom. The molecule has 0 aliphatic heterocycles. The van der Waals surface area contributed by atoms with Crippen LogP contribution in [0, 0.1) is 23.7 Å². The van der Waals surface area contributed by atoms with Crippen molar-refractivity contribution in [2.45, 2.75) is 71.0 Å². The molecule has 0 spiro atoms. The molecule has 4 bridgehead atoms. The second-order valence-corrected chi connectivity index (χ2v) is 11.3. The molecular weight excluding hydrogens is 444 g/mol. The summed E-state index contributed by atoms with van der Waals surface area (Å²) in [6.45, 7) is 6.57. The minimum Gasteiger partial charge on any atom is -0.493 e. The number of rotatable bonds is 7. The van der Waals surface area contributed by atoms with Crippen LogP contribution in [0.5, 0.6) is 11.5 Å². The van der Waals surface area contributed by atoms with E-state index in [2.05, 4.69) is 26.6 Å². The van der Waals surface area contributed by atoms with Crippen molar-refractivity contribution in [2.75, 3.05) is 13.7 Å². The minimum atomic E-state index is -0.286. The highest BCUT2D eigenvalue weighted by atomic mass is 79.9. The van der Waals surface area contributed by atoms with Gasteiger partial charge in [-0.15, -0.1) is 0 Å². The number of ether oxygens (including phenoxy) is 2. The molecule has 4 aliphatic rings. The molecule has 2 N–H and O–H groups in total. The van der Waals surface area contributed by atoms with Crippen LogP contribution in [0.2, 0.25) is 0 Å². The Morgan fingerprint density at radius 2 is 1.73 bits per heavy atom. The first kappa shape index (κ1) is 21.9. The Bertz CT molecular complexity index is 761. The van der Waals surface area contributed by atoms with Crippen LogP contribution in [-0.2, 0) is 11.3 Å². The van der Waals surface area contributed by atoms with Gasteiger partial charge in [-0.3, -0.25) is 4.79 Å². The van der Waals surface area contributed by atoms with Crippen LogP contribution in [0.25, 0.3) is 0 Å². The Kier molecular flexibility index (Phi) is 6.36. The predicted molar refractivity (Wildman–Crippen MR) is 122 cm³/mol. The number of halogens is 1. The van der Waals surface area contributed by atoms with Gasteiger partial charge in [0.15, 0.2) is 18.1 Å². The van der Waals surface area contributed by atoms with Gasteiger partial charge >= 0.3 is 0 Å². The molecule has 4 saturated carbocycles. The van der Waals surface area contributed by atoms with E-state index in [1.54, 1.807) is 7.11 Å². The summed E-state index contributed by atoms with van der Waals surface area (Å²) in [4.78, 5) is 12.3. The van der Waals surface area contributed by atoms with Gasteiger partial charge in [-0.1, -0.05) is 15.9 Å². The Balaban J connectivity index is 1.46. The second kappa shape index (κ2) is 8.70. The molecule has 0 atom stereocenters. The topological polar surface area (TPSA) is 59.6 Å². The molecule has 0 radical (unpaired) electrons. The van der Waals surface area contributed by atoms with E-state index in [1.165, 1.54) is 32.1 Å². The molecule has 5 nitrogen and oxygen atoms in total. The number of nitrogens with one attached hydrogen (secondary N) is 2. The van der Waals surface area contributed by atoms with Crippen molar-refractivity contribution in [3.05, 3.63) is 22.2 Å². The molecular formula is C24H35BrN2O3. The molecule has 6 heteroatoms. The lowest BCUT2D eigenvalue weighted by atomic mass is 9.54. The number of benzene rings is 1. The lowest BCUT2D eigenvalue weighted by Gasteiger charge is -2.54. The standard InChI is InChI=1S/C24H35BrN2O3/c1-24(2,3)27-21(28)13-30-23-18(19(25)5-6-20(23)29-4)12-26-22-16-8-14-7-15(10-16)11-17(22)9-14/h5-6,14-17,22,26H,7-13H2,1-4H3,(H,27,28). The molecule has 1 aromatic rings. The molecule has 0 saturated heterocycles. The fourth-order valence-corrected chi connectivity index (χ4v) is 6.59. The molecule has 5 rings (SSSR count). The largest absolute Gasteiger partial charge is 0.493 e. The van der Waals surface area contributed by atoms with Gasteiger partial charge in [-0.25, -0.2) is 0 Å². The van der Waals surface area contributed by atoms with Gasteiger partial charge in [0.1, 0.15) is 0 Å². The lowest BCUT2D eigenvalue weighted by molar-refractivity contribution is -0.124. The zero-order valence-electron chi connectivity index (χ0n) is 18.6. The lowest BCUT2D eigenvalue weighted by Crippen LogP contribution is -2.54. The summed E-state index contributed by atoms with van der Waals surface area (Å²) in [7, 11) is 1.64. The maximum Gasteiger partial charge on any atom is 0.258 e. The van der Waals surface area contributed by atoms with E-state index in [4.69, 9.17) is 9.47 Å². The van der Waals surface area contributed by atoms with Crippen LogP contribution >= 0.6 is 15.9 Å². The van der Waals surface area contributed by atoms with Gasteiger partial charge in [-0.05, 0) is 88.7 Å². The van der Waals surface area contributed by atoms with Crippen LogP contribution in [0.1, 0.15) is 58.4 Å². The number of carbonyl (C=O) groups is 1. The maximum absolute atomic E-state index is 12.3. The SMILES string of the molecule is COc1ccc(Br)c(CNC2C3CC4CC(C3)CC2C4)c1OCC(=O)NC(C)(C)C. The molecule has 4 aliphatic carbocycles. The van der Waals surface area contributed by atoms with Crippen LogP contribution in [0.15, 0.2) is 16.6 Å². The number of amides is 1. The van der Waals surface area contributed by atoms with E-state index < -0.39 is 0 Å². The number of hydrogen-bond donors (Lipinski definition) is 2. The highest BCUT2D eigenvalue weighted by Gasteiger charge is 2.47. The Labute approximate surface area is 188 Å². The second-order valence-electron chi connectivity index (χ2n) is 10.5. The summed E-state index contributed by atoms with van der Waals surface area (Å²) in [5.74, 6) is 4.73. The summed E-state index contributed by atoms with van der Waals surface area (Å²) in [6.07, 6.45) is 7.02. The van der Waals surface area contributed by atoms with E-state index in [1.807, 2.05) is 32.9 Å². The van der Waals surface area contributed by atoms with Gasteiger partial charge in [0.25, 0.3) is 5.91 Å². The highest BCUT2D eigenvalue weighted by Crippen LogP contribution is 2.53. The van der Waals surface area contributed by atoms with Crippen molar-refractivity contribution in [1.29, 1.82) is 0 Å². The van der Waals surface area contributed by atoms with E-state index in [0.29, 0.717) is 24.1 Å². The van der Waals surface area contributed by atoms with E-state index >= 15 is 0 Å². The van der Waals surface area contributed by atoms with Crippen molar-refractivity contribution in [3.8, 4) is 11.5 Å². The summed E-state index contributed by atoms with van der Waals surface area (Å²) in [6, 6.07) is 4.47. The number of carbonyl (C=O) groups excluding carboxylic acids is 1. The monoisotopic (exact) mass is 478 g/mol. The quantitative estimate of drug-likeness (QED) is 0.597. The van der Waals surface area contributed by atoms with E-state index in [0.717, 1.165) is 33.7 Å². The van der Waals surface area contributed by atoms with Gasteiger partial charge in [-0.2, -0.15) is 0 Å². The van der Waals surface area contributed by atoms with Crippen molar-refractivity contribution >= 4 is 21.8 Å². The summed E-state index contributed by atoms with van der Waals surface area (Å²) in [5, 5.41) is 6.82. The third kappa shape index (κ3) is 4.80. The van der Waals surface area contributed by atoms with Crippen LogP contribution in [0.4, 0.5) is 0 Å². The molecule has 166 valence electrons. The molecule has 0 unspecified atom stereocenters. The third-order valence-electron chi connectivity index (χ3n) is 6.99. The summed E-state index contributed by atoms with van der Waals surface area (Å²) >= 11 is 3.69. The predicted octanol–water partition coefficient (Wildman–Crippen LogP) is 4.67. The average Bonchev–Trinajstić information content (AvgIpc) is 2.65. The first-order chi connectivity index (χ1) is 14.2. The zero-order chi connectivity index (χ0) is 21.5. The summed E-state index contributed by atoms with van der Waals surface area (Å²) in [5.41, 5.74) is 0.734. The molecule has 0 aromatic heterocycles. The highest BCUT2D eigenvalue weighted by molar-refractivity contribution is 9.10. The van der Waals surface area contributed by atoms with Gasteiger partial charge in [0.05, 0.1) is 7.11 Å². The molecule has 4 fully saturated rings. The number of hydrogen-bond acceptors (Lipinski definition) is 4. The fraction of sp³-hybridized carbons (Fsp3) is 0.708. The van der Waals surface area contributed by atoms with Crippen LogP contribution < -0.4 is 20.1 Å². The first-order valence-corrected chi connectivity index (χ1v) is 12.1. The van der Waals surface area contributed by atoms with E-state index in [-0.39, 0.29) is 18.1 Å². The molecule has 0 heterocycles. The van der Waals surface area contributed by atoms with Crippen LogP contribution in [-0.4, -0.2) is 31.2 Å². The smallest absolute Gasteiger partial charge is 0.258 e. The van der Waals surface area contributed by atoms with Gasteiger partial charge in [0, 0.05) is 28.2 Å². The van der Waals surface area contributed by atoms with Crippen LogP contribution in [0.3, 0.4) is 0 Å². The molecule has 30 heavy (non-hydrogen) atoms. The molecule has 1 aromatic carbocycles. The Hall–Kier alpha value is -1.27. The molecule has 1 amide bonds. The van der Waals surface area contributed by atoms with Crippen molar-refractivity contribution in [3.63, 3.8) is 0 Å². The summed E-state index contributed by atoms with van der Waals surface area (Å²) < 4.78 is 12.5. The Morgan fingerprint density at radius 1 is 1.10 bits per heavy atom. The van der Waals surface area contributed by atoms with Gasteiger partial charge in [0.2, 0.25) is 0 Å². The van der Waals surface area contributed by atoms with Crippen molar-refractivity contribution in [2.24, 2.45) is 23.7 Å². The average molecular weight is 479 g/mol. The number of methoxy groups -OCH3 is 1. The van der Waals surface area contributed by atoms with Gasteiger partial charge < -0.3 is 20.1 Å². The minimum absolute atomic E-state index is 0.0326. The fourth-order valence-electron chi connectivity index (χ4n) is 6.14. The maximum atomic E-state index is 12.3.